The Bertz CT molecular complexity index is 570. The molecule has 4 fully saturated rings. The first-order valence-corrected chi connectivity index (χ1v) is 9.39. The summed E-state index contributed by atoms with van der Waals surface area (Å²) in [5, 5.41) is 0. The van der Waals surface area contributed by atoms with Gasteiger partial charge in [0.25, 0.3) is 0 Å². The first kappa shape index (κ1) is 17.9. The number of rotatable bonds is 2. The molecule has 0 N–H and O–H groups in total. The van der Waals surface area contributed by atoms with Crippen molar-refractivity contribution in [2.75, 3.05) is 6.61 Å². The van der Waals surface area contributed by atoms with Crippen LogP contribution < -0.4 is 0 Å². The summed E-state index contributed by atoms with van der Waals surface area (Å²) in [6, 6.07) is 0. The Hall–Kier alpha value is -0.530. The zero-order chi connectivity index (χ0) is 18.2. The van der Waals surface area contributed by atoms with Crippen molar-refractivity contribution in [1.82, 2.24) is 0 Å². The van der Waals surface area contributed by atoms with Crippen LogP contribution in [0.1, 0.15) is 54.4 Å². The van der Waals surface area contributed by atoms with Gasteiger partial charge < -0.3 is 23.7 Å². The lowest BCUT2D eigenvalue weighted by molar-refractivity contribution is -0.242. The standard InChI is InChI=1S/C19H30O6/c1-10(2)12-7-11(20)8-19(12)14(13-9-21-17(3,4)23-13)22-16-15(19)24-18(5,6)25-16/h10,12-16H,7-9H2,1-6H3/t12-,13-,14-,15+,16-,19-/m1/s1. The van der Waals surface area contributed by atoms with Gasteiger partial charge in [-0.25, -0.2) is 0 Å². The first-order chi connectivity index (χ1) is 11.5. The van der Waals surface area contributed by atoms with Crippen molar-refractivity contribution in [1.29, 1.82) is 0 Å². The van der Waals surface area contributed by atoms with Crippen LogP contribution in [0.2, 0.25) is 0 Å². The molecule has 0 radical (unpaired) electrons. The van der Waals surface area contributed by atoms with Gasteiger partial charge in [0.2, 0.25) is 0 Å². The van der Waals surface area contributed by atoms with Crippen LogP contribution >= 0.6 is 0 Å². The molecule has 1 aliphatic carbocycles. The maximum atomic E-state index is 12.5. The van der Waals surface area contributed by atoms with Crippen LogP contribution in [0.3, 0.4) is 0 Å². The summed E-state index contributed by atoms with van der Waals surface area (Å²) in [5.41, 5.74) is -0.419. The van der Waals surface area contributed by atoms with Crippen molar-refractivity contribution in [3.8, 4) is 0 Å². The summed E-state index contributed by atoms with van der Waals surface area (Å²) in [6.45, 7) is 12.4. The molecule has 0 aromatic heterocycles. The molecule has 3 aliphatic heterocycles. The minimum atomic E-state index is -0.702. The van der Waals surface area contributed by atoms with E-state index >= 15 is 0 Å². The second kappa shape index (κ2) is 5.49. The molecule has 1 spiro atoms. The van der Waals surface area contributed by atoms with Crippen molar-refractivity contribution >= 4 is 5.78 Å². The van der Waals surface area contributed by atoms with Gasteiger partial charge in [0.05, 0.1) is 12.7 Å². The zero-order valence-corrected chi connectivity index (χ0v) is 16.0. The maximum Gasteiger partial charge on any atom is 0.188 e. The molecule has 1 saturated carbocycles. The van der Waals surface area contributed by atoms with Gasteiger partial charge in [0.15, 0.2) is 17.9 Å². The minimum absolute atomic E-state index is 0.185. The van der Waals surface area contributed by atoms with Crippen molar-refractivity contribution in [2.24, 2.45) is 17.3 Å². The molecule has 0 aromatic carbocycles. The highest BCUT2D eigenvalue weighted by molar-refractivity contribution is 5.82. The summed E-state index contributed by atoms with van der Waals surface area (Å²) in [7, 11) is 0. The van der Waals surface area contributed by atoms with Gasteiger partial charge in [-0.1, -0.05) is 13.8 Å². The van der Waals surface area contributed by atoms with E-state index in [0.29, 0.717) is 25.4 Å². The molecule has 25 heavy (non-hydrogen) atoms. The third kappa shape index (κ3) is 2.69. The normalized spacial score (nSPS) is 48.0. The molecule has 6 heteroatoms. The van der Waals surface area contributed by atoms with Crippen molar-refractivity contribution in [3.63, 3.8) is 0 Å². The van der Waals surface area contributed by atoms with Crippen LogP contribution in [0.4, 0.5) is 0 Å². The Morgan fingerprint density at radius 3 is 2.32 bits per heavy atom. The second-order valence-corrected chi connectivity index (χ2v) is 9.23. The molecule has 6 nitrogen and oxygen atoms in total. The predicted molar refractivity (Wildman–Crippen MR) is 88.6 cm³/mol. The van der Waals surface area contributed by atoms with Crippen LogP contribution in [0.25, 0.3) is 0 Å². The number of fused-ring (bicyclic) bond motifs is 2. The zero-order valence-electron chi connectivity index (χ0n) is 16.0. The summed E-state index contributed by atoms with van der Waals surface area (Å²) < 4.78 is 30.6. The first-order valence-electron chi connectivity index (χ1n) is 9.39. The monoisotopic (exact) mass is 354 g/mol. The lowest BCUT2D eigenvalue weighted by Gasteiger charge is -2.42. The number of ether oxygens (including phenoxy) is 5. The van der Waals surface area contributed by atoms with Crippen molar-refractivity contribution in [2.45, 2.75) is 90.6 Å². The average molecular weight is 354 g/mol. The Balaban J connectivity index is 1.73. The number of carbonyl (C=O) groups is 1. The third-order valence-corrected chi connectivity index (χ3v) is 6.21. The molecule has 4 rings (SSSR count). The molecule has 4 aliphatic rings. The molecule has 0 bridgehead atoms. The van der Waals surface area contributed by atoms with Crippen LogP contribution in [0, 0.1) is 17.3 Å². The number of ketones is 1. The van der Waals surface area contributed by atoms with E-state index in [-0.39, 0.29) is 30.0 Å². The van der Waals surface area contributed by atoms with Gasteiger partial charge in [-0.15, -0.1) is 0 Å². The van der Waals surface area contributed by atoms with Crippen LogP contribution in [-0.2, 0) is 28.5 Å². The Morgan fingerprint density at radius 1 is 1.00 bits per heavy atom. The van der Waals surface area contributed by atoms with Crippen LogP contribution in [0.5, 0.6) is 0 Å². The van der Waals surface area contributed by atoms with Gasteiger partial charge in [0.1, 0.15) is 18.0 Å². The molecule has 6 atom stereocenters. The van der Waals surface area contributed by atoms with Crippen molar-refractivity contribution in [3.05, 3.63) is 0 Å². The van der Waals surface area contributed by atoms with Gasteiger partial charge in [-0.2, -0.15) is 0 Å². The quantitative estimate of drug-likeness (QED) is 0.760. The average Bonchev–Trinajstić information content (AvgIpc) is 3.15. The summed E-state index contributed by atoms with van der Waals surface area (Å²) in [5.74, 6) is -0.528. The van der Waals surface area contributed by atoms with Gasteiger partial charge in [-0.05, 0) is 39.5 Å². The SMILES string of the molecule is CC(C)[C@H]1CC(=O)C[C@]12[C@@H]([C@H]1COC(C)(C)O1)O[C@@H]1OC(C)(C)O[C@@H]12. The molecular weight excluding hydrogens is 324 g/mol. The van der Waals surface area contributed by atoms with Gasteiger partial charge in [0, 0.05) is 18.3 Å². The van der Waals surface area contributed by atoms with E-state index in [4.69, 9.17) is 23.7 Å². The fourth-order valence-corrected chi connectivity index (χ4v) is 5.38. The van der Waals surface area contributed by atoms with Crippen molar-refractivity contribution < 1.29 is 28.5 Å². The second-order valence-electron chi connectivity index (χ2n) is 9.23. The highest BCUT2D eigenvalue weighted by Crippen LogP contribution is 2.61. The molecule has 0 unspecified atom stereocenters. The molecule has 142 valence electrons. The number of hydrogen-bond donors (Lipinski definition) is 0. The van der Waals surface area contributed by atoms with Gasteiger partial charge >= 0.3 is 0 Å². The third-order valence-electron chi connectivity index (χ3n) is 6.21. The van der Waals surface area contributed by atoms with E-state index in [0.717, 1.165) is 0 Å². The van der Waals surface area contributed by atoms with E-state index in [1.165, 1.54) is 0 Å². The van der Waals surface area contributed by atoms with Gasteiger partial charge in [-0.3, -0.25) is 4.79 Å². The largest absolute Gasteiger partial charge is 0.348 e. The molecule has 3 heterocycles. The number of carbonyl (C=O) groups excluding carboxylic acids is 1. The van der Waals surface area contributed by atoms with Crippen LogP contribution in [-0.4, -0.2) is 48.6 Å². The Morgan fingerprint density at radius 2 is 1.72 bits per heavy atom. The smallest absolute Gasteiger partial charge is 0.188 e. The highest BCUT2D eigenvalue weighted by atomic mass is 16.8. The van der Waals surface area contributed by atoms with E-state index in [2.05, 4.69) is 13.8 Å². The lowest BCUT2D eigenvalue weighted by atomic mass is 9.65. The maximum absolute atomic E-state index is 12.5. The number of Topliss-reactive ketones (excluding diaryl/α,β-unsaturated/α-hetero) is 1. The Kier molecular flexibility index (Phi) is 3.92. The molecular formula is C19H30O6. The summed E-state index contributed by atoms with van der Waals surface area (Å²) in [6.07, 6.45) is -0.163. The number of hydrogen-bond acceptors (Lipinski definition) is 6. The summed E-state index contributed by atoms with van der Waals surface area (Å²) >= 11 is 0. The fourth-order valence-electron chi connectivity index (χ4n) is 5.38. The summed E-state index contributed by atoms with van der Waals surface area (Å²) in [4.78, 5) is 12.5. The lowest BCUT2D eigenvalue weighted by Crippen LogP contribution is -2.51. The van der Waals surface area contributed by atoms with E-state index in [1.54, 1.807) is 0 Å². The van der Waals surface area contributed by atoms with E-state index < -0.39 is 23.3 Å². The molecule has 0 aromatic rings. The minimum Gasteiger partial charge on any atom is -0.348 e. The topological polar surface area (TPSA) is 63.2 Å². The van der Waals surface area contributed by atoms with E-state index in [1.807, 2.05) is 27.7 Å². The Labute approximate surface area is 149 Å². The van der Waals surface area contributed by atoms with Crippen LogP contribution in [0.15, 0.2) is 0 Å². The predicted octanol–water partition coefficient (Wildman–Crippen LogP) is 2.64. The highest BCUT2D eigenvalue weighted by Gasteiger charge is 2.71. The molecule has 3 saturated heterocycles. The molecule has 0 amide bonds. The fraction of sp³-hybridized carbons (Fsp3) is 0.947. The van der Waals surface area contributed by atoms with E-state index in [9.17, 15) is 4.79 Å².